The highest BCUT2D eigenvalue weighted by Gasteiger charge is 2.32. The number of hydrogen-bond acceptors (Lipinski definition) is 6. The molecule has 1 aromatic heterocycles. The third kappa shape index (κ3) is 5.93. The summed E-state index contributed by atoms with van der Waals surface area (Å²) in [5.74, 6) is -0.0572. The predicted octanol–water partition coefficient (Wildman–Crippen LogP) is 2.97. The van der Waals surface area contributed by atoms with Crippen LogP contribution in [-0.2, 0) is 20.3 Å². The molecule has 0 spiro atoms. The first-order valence-electron chi connectivity index (χ1n) is 7.33. The Labute approximate surface area is 145 Å². The number of ether oxygens (including phenoxy) is 1. The Morgan fingerprint density at radius 2 is 2.22 bits per heavy atom. The molecule has 2 heterocycles. The molecule has 0 radical (unpaired) electrons. The normalized spacial score (nSPS) is 19.1. The molecule has 1 unspecified atom stereocenters. The summed E-state index contributed by atoms with van der Waals surface area (Å²) < 4.78 is 30.2. The van der Waals surface area contributed by atoms with Gasteiger partial charge >= 0.3 is 6.09 Å². The summed E-state index contributed by atoms with van der Waals surface area (Å²) in [7, 11) is -3.26. The van der Waals surface area contributed by atoms with Gasteiger partial charge in [-0.25, -0.2) is 18.2 Å². The number of halogens is 1. The Bertz CT molecular complexity index is 667. The van der Waals surface area contributed by atoms with Crippen LogP contribution in [0, 0.1) is 5.92 Å². The molecule has 0 bridgehead atoms. The zero-order chi connectivity index (χ0) is 17.3. The Morgan fingerprint density at radius 3 is 2.78 bits per heavy atom. The molecule has 130 valence electrons. The lowest BCUT2D eigenvalue weighted by molar-refractivity contribution is 0.0289. The summed E-state index contributed by atoms with van der Waals surface area (Å²) in [6.07, 6.45) is 1.78. The fourth-order valence-corrected chi connectivity index (χ4v) is 5.61. The van der Waals surface area contributed by atoms with Crippen LogP contribution in [0.5, 0.6) is 0 Å². The third-order valence-corrected chi connectivity index (χ3v) is 6.34. The monoisotopic (exact) mass is 380 g/mol. The first-order valence-corrected chi connectivity index (χ1v) is 10.3. The van der Waals surface area contributed by atoms with Gasteiger partial charge in [-0.2, -0.15) is 0 Å². The van der Waals surface area contributed by atoms with Gasteiger partial charge in [0.05, 0.1) is 11.5 Å². The van der Waals surface area contributed by atoms with Crippen molar-refractivity contribution in [2.75, 3.05) is 18.8 Å². The summed E-state index contributed by atoms with van der Waals surface area (Å²) in [6.45, 7) is 6.37. The van der Waals surface area contributed by atoms with E-state index < -0.39 is 15.4 Å². The van der Waals surface area contributed by atoms with Gasteiger partial charge in [-0.3, -0.25) is 0 Å². The van der Waals surface area contributed by atoms with Crippen LogP contribution < -0.4 is 0 Å². The smallest absolute Gasteiger partial charge is 0.410 e. The van der Waals surface area contributed by atoms with E-state index in [1.165, 1.54) is 17.5 Å². The van der Waals surface area contributed by atoms with Crippen LogP contribution in [0.3, 0.4) is 0 Å². The first kappa shape index (κ1) is 18.5. The topological polar surface area (TPSA) is 76.6 Å². The van der Waals surface area contributed by atoms with Gasteiger partial charge in [0.1, 0.15) is 5.60 Å². The minimum atomic E-state index is -3.26. The number of aromatic nitrogens is 1. The van der Waals surface area contributed by atoms with E-state index in [0.29, 0.717) is 28.9 Å². The highest BCUT2D eigenvalue weighted by Crippen LogP contribution is 2.24. The van der Waals surface area contributed by atoms with E-state index in [1.54, 1.807) is 4.90 Å². The standard InChI is InChI=1S/C14H21ClN2O4S2/c1-14(2,3)21-13(18)17-5-4-10(7-17)8-23(19,20)9-11-6-16-12(15)22-11/h6,10H,4-5,7-9H2,1-3H3. The summed E-state index contributed by atoms with van der Waals surface area (Å²) in [4.78, 5) is 18.1. The van der Waals surface area contributed by atoms with Gasteiger partial charge in [-0.15, -0.1) is 11.3 Å². The molecule has 0 saturated carbocycles. The summed E-state index contributed by atoms with van der Waals surface area (Å²) >= 11 is 6.90. The van der Waals surface area contributed by atoms with Crippen LogP contribution in [0.15, 0.2) is 6.20 Å². The number of likely N-dealkylation sites (tertiary alicyclic amines) is 1. The van der Waals surface area contributed by atoms with Crippen LogP contribution in [0.1, 0.15) is 32.1 Å². The van der Waals surface area contributed by atoms with Gasteiger partial charge in [0, 0.05) is 24.2 Å². The van der Waals surface area contributed by atoms with Crippen molar-refractivity contribution < 1.29 is 17.9 Å². The first-order chi connectivity index (χ1) is 10.5. The van der Waals surface area contributed by atoms with E-state index in [4.69, 9.17) is 16.3 Å². The molecule has 1 atom stereocenters. The van der Waals surface area contributed by atoms with Crippen LogP contribution >= 0.6 is 22.9 Å². The van der Waals surface area contributed by atoms with Crippen molar-refractivity contribution in [3.63, 3.8) is 0 Å². The lowest BCUT2D eigenvalue weighted by atomic mass is 10.2. The van der Waals surface area contributed by atoms with Gasteiger partial charge in [-0.1, -0.05) is 11.6 Å². The van der Waals surface area contributed by atoms with E-state index in [9.17, 15) is 13.2 Å². The third-order valence-electron chi connectivity index (χ3n) is 3.31. The van der Waals surface area contributed by atoms with E-state index in [2.05, 4.69) is 4.98 Å². The number of amides is 1. The largest absolute Gasteiger partial charge is 0.444 e. The van der Waals surface area contributed by atoms with Crippen LogP contribution in [0.4, 0.5) is 4.79 Å². The Hall–Kier alpha value is -0.860. The van der Waals surface area contributed by atoms with Crippen molar-refractivity contribution in [3.05, 3.63) is 15.5 Å². The number of rotatable bonds is 4. The average molecular weight is 381 g/mol. The predicted molar refractivity (Wildman–Crippen MR) is 90.5 cm³/mol. The number of carbonyl (C=O) groups excluding carboxylic acids is 1. The maximum atomic E-state index is 12.3. The van der Waals surface area contributed by atoms with Crippen molar-refractivity contribution in [1.82, 2.24) is 9.88 Å². The SMILES string of the molecule is CC(C)(C)OC(=O)N1CCC(CS(=O)(=O)Cc2cnc(Cl)s2)C1. The van der Waals surface area contributed by atoms with Crippen molar-refractivity contribution in [2.45, 2.75) is 38.5 Å². The van der Waals surface area contributed by atoms with E-state index in [-0.39, 0.29) is 23.5 Å². The zero-order valence-corrected chi connectivity index (χ0v) is 15.8. The van der Waals surface area contributed by atoms with Crippen LogP contribution in [-0.4, -0.2) is 48.8 Å². The molecule has 2 rings (SSSR count). The van der Waals surface area contributed by atoms with Gasteiger partial charge in [0.2, 0.25) is 0 Å². The minimum Gasteiger partial charge on any atom is -0.444 e. The van der Waals surface area contributed by atoms with Crippen LogP contribution in [0.2, 0.25) is 4.47 Å². The average Bonchev–Trinajstić information content (AvgIpc) is 2.95. The number of thiazole rings is 1. The molecule has 1 aliphatic heterocycles. The lowest BCUT2D eigenvalue weighted by Crippen LogP contribution is -2.35. The molecule has 0 N–H and O–H groups in total. The molecule has 6 nitrogen and oxygen atoms in total. The van der Waals surface area contributed by atoms with Gasteiger partial charge in [0.15, 0.2) is 14.3 Å². The van der Waals surface area contributed by atoms with Crippen molar-refractivity contribution in [1.29, 1.82) is 0 Å². The number of sulfone groups is 1. The number of nitrogens with zero attached hydrogens (tertiary/aromatic N) is 2. The maximum absolute atomic E-state index is 12.3. The fraction of sp³-hybridized carbons (Fsp3) is 0.714. The number of carbonyl (C=O) groups is 1. The molecule has 1 fully saturated rings. The Morgan fingerprint density at radius 1 is 1.52 bits per heavy atom. The second-order valence-corrected chi connectivity index (χ2v) is 10.5. The minimum absolute atomic E-state index is 0.0552. The molecule has 9 heteroatoms. The number of hydrogen-bond donors (Lipinski definition) is 0. The van der Waals surface area contributed by atoms with Gasteiger partial charge in [-0.05, 0) is 33.1 Å². The molecule has 0 aliphatic carbocycles. The molecule has 1 amide bonds. The van der Waals surface area contributed by atoms with Crippen LogP contribution in [0.25, 0.3) is 0 Å². The molecule has 0 aromatic carbocycles. The summed E-state index contributed by atoms with van der Waals surface area (Å²) in [5.41, 5.74) is -0.549. The zero-order valence-electron chi connectivity index (χ0n) is 13.4. The molecule has 1 saturated heterocycles. The molecule has 1 aromatic rings. The lowest BCUT2D eigenvalue weighted by Gasteiger charge is -2.24. The summed E-state index contributed by atoms with van der Waals surface area (Å²) in [6, 6.07) is 0. The van der Waals surface area contributed by atoms with Crippen molar-refractivity contribution in [2.24, 2.45) is 5.92 Å². The van der Waals surface area contributed by atoms with Crippen molar-refractivity contribution >= 4 is 38.9 Å². The van der Waals surface area contributed by atoms with Gasteiger partial charge in [0.25, 0.3) is 0 Å². The van der Waals surface area contributed by atoms with E-state index >= 15 is 0 Å². The molecular weight excluding hydrogens is 360 g/mol. The van der Waals surface area contributed by atoms with E-state index in [0.717, 1.165) is 0 Å². The van der Waals surface area contributed by atoms with E-state index in [1.807, 2.05) is 20.8 Å². The van der Waals surface area contributed by atoms with Crippen molar-refractivity contribution in [3.8, 4) is 0 Å². The Kier molecular flexibility index (Phi) is 5.58. The highest BCUT2D eigenvalue weighted by molar-refractivity contribution is 7.90. The second kappa shape index (κ2) is 6.94. The molecule has 1 aliphatic rings. The highest BCUT2D eigenvalue weighted by atomic mass is 35.5. The maximum Gasteiger partial charge on any atom is 0.410 e. The Balaban J connectivity index is 1.88. The quantitative estimate of drug-likeness (QED) is 0.802. The fourth-order valence-electron chi connectivity index (χ4n) is 2.45. The van der Waals surface area contributed by atoms with Gasteiger partial charge < -0.3 is 9.64 Å². The molecule has 23 heavy (non-hydrogen) atoms. The second-order valence-electron chi connectivity index (χ2n) is 6.72. The molecular formula is C14H21ClN2O4S2. The summed E-state index contributed by atoms with van der Waals surface area (Å²) in [5, 5.41) is 0.